The van der Waals surface area contributed by atoms with Gasteiger partial charge in [0.2, 0.25) is 0 Å². The van der Waals surface area contributed by atoms with Crippen LogP contribution in [0.1, 0.15) is 19.8 Å². The first-order valence-electron chi connectivity index (χ1n) is 8.53. The van der Waals surface area contributed by atoms with Crippen LogP contribution < -0.4 is 21.1 Å². The van der Waals surface area contributed by atoms with Gasteiger partial charge in [-0.25, -0.2) is 17.8 Å². The average molecular weight is 454 g/mol. The number of anilines is 2. The summed E-state index contributed by atoms with van der Waals surface area (Å²) in [6.07, 6.45) is 2.56. The van der Waals surface area contributed by atoms with Gasteiger partial charge in [-0.2, -0.15) is 4.39 Å². The van der Waals surface area contributed by atoms with Crippen LogP contribution in [0.4, 0.5) is 19.6 Å². The van der Waals surface area contributed by atoms with Gasteiger partial charge in [-0.05, 0) is 38.4 Å². The average Bonchev–Trinajstić information content (AvgIpc) is 3.03. The van der Waals surface area contributed by atoms with Crippen molar-refractivity contribution in [3.63, 3.8) is 0 Å². The maximum atomic E-state index is 14.4. The van der Waals surface area contributed by atoms with E-state index in [1.54, 1.807) is 0 Å². The van der Waals surface area contributed by atoms with Gasteiger partial charge < -0.3 is 16.4 Å². The molecular weight excluding hydrogens is 432 g/mol. The molecule has 0 spiro atoms. The normalized spacial score (nSPS) is 12.8. The van der Waals surface area contributed by atoms with Gasteiger partial charge in [0, 0.05) is 19.1 Å². The van der Waals surface area contributed by atoms with Gasteiger partial charge in [-0.1, -0.05) is 22.9 Å². The van der Waals surface area contributed by atoms with Crippen molar-refractivity contribution in [3.05, 3.63) is 34.3 Å². The summed E-state index contributed by atoms with van der Waals surface area (Å²) in [5.41, 5.74) is 5.81. The molecule has 0 fully saturated rings. The van der Waals surface area contributed by atoms with Gasteiger partial charge in [0.15, 0.2) is 10.3 Å². The lowest BCUT2D eigenvalue weighted by Gasteiger charge is -2.13. The Balaban J connectivity index is 1.96. The van der Waals surface area contributed by atoms with E-state index in [-0.39, 0.29) is 16.2 Å². The van der Waals surface area contributed by atoms with Crippen LogP contribution in [0.5, 0.6) is 0 Å². The Bertz CT molecular complexity index is 895. The minimum atomic E-state index is -4.29. The highest BCUT2D eigenvalue weighted by atomic mass is 35.5. The molecule has 12 heteroatoms. The monoisotopic (exact) mass is 453 g/mol. The van der Waals surface area contributed by atoms with Gasteiger partial charge in [-0.3, -0.25) is 4.72 Å². The zero-order chi connectivity index (χ0) is 20.7. The first-order chi connectivity index (χ1) is 13.2. The SMILES string of the molecule is CC(CN)NCCCCNc1cc(F)c(S(=O)(=O)Nc2ncc(F)s2)cc1Cl. The maximum Gasteiger partial charge on any atom is 0.266 e. The number of halogens is 3. The lowest BCUT2D eigenvalue weighted by atomic mass is 10.2. The Morgan fingerprint density at radius 1 is 1.29 bits per heavy atom. The highest BCUT2D eigenvalue weighted by Crippen LogP contribution is 2.29. The molecule has 0 aliphatic rings. The number of aromatic nitrogens is 1. The number of unbranched alkanes of at least 4 members (excludes halogenated alkanes) is 1. The molecule has 0 bridgehead atoms. The third kappa shape index (κ3) is 6.52. The van der Waals surface area contributed by atoms with Gasteiger partial charge >= 0.3 is 0 Å². The summed E-state index contributed by atoms with van der Waals surface area (Å²) >= 11 is 6.59. The second-order valence-corrected chi connectivity index (χ2v) is 9.10. The van der Waals surface area contributed by atoms with Crippen LogP contribution in [0.15, 0.2) is 23.2 Å². The first-order valence-corrected chi connectivity index (χ1v) is 11.2. The maximum absolute atomic E-state index is 14.4. The third-order valence-electron chi connectivity index (χ3n) is 3.78. The summed E-state index contributed by atoms with van der Waals surface area (Å²) in [4.78, 5) is 2.91. The van der Waals surface area contributed by atoms with E-state index in [1.165, 1.54) is 0 Å². The predicted octanol–water partition coefficient (Wildman–Crippen LogP) is 3.00. The lowest BCUT2D eigenvalue weighted by molar-refractivity contribution is 0.537. The molecule has 2 rings (SSSR count). The van der Waals surface area contributed by atoms with Crippen molar-refractivity contribution in [1.29, 1.82) is 0 Å². The van der Waals surface area contributed by atoms with Gasteiger partial charge in [0.1, 0.15) is 10.7 Å². The number of nitrogens with zero attached hydrogens (tertiary/aromatic N) is 1. The molecule has 1 unspecified atom stereocenters. The number of benzene rings is 1. The Kier molecular flexibility index (Phi) is 8.38. The summed E-state index contributed by atoms with van der Waals surface area (Å²) in [6, 6.07) is 2.28. The topological polar surface area (TPSA) is 109 Å². The quantitative estimate of drug-likeness (QED) is 0.389. The van der Waals surface area contributed by atoms with Gasteiger partial charge in [0.25, 0.3) is 10.0 Å². The fourth-order valence-electron chi connectivity index (χ4n) is 2.25. The van der Waals surface area contributed by atoms with Crippen molar-refractivity contribution in [1.82, 2.24) is 10.3 Å². The standard InChI is InChI=1S/C16H22ClF2N5O2S2/c1-10(8-20)21-4-2-3-5-22-13-7-12(18)14(6-11(13)17)28(25,26)24-16-23-9-15(19)27-16/h6-7,9-10,21-22H,2-5,8,20H2,1H3,(H,23,24). The molecule has 5 N–H and O–H groups in total. The Morgan fingerprint density at radius 3 is 2.64 bits per heavy atom. The summed E-state index contributed by atoms with van der Waals surface area (Å²) in [6.45, 7) is 3.91. The molecular formula is C16H22ClF2N5O2S2. The number of rotatable bonds is 11. The van der Waals surface area contributed by atoms with E-state index in [0.29, 0.717) is 30.1 Å². The van der Waals surface area contributed by atoms with Gasteiger partial charge in [-0.15, -0.1) is 0 Å². The van der Waals surface area contributed by atoms with Crippen molar-refractivity contribution in [2.24, 2.45) is 5.73 Å². The minimum absolute atomic E-state index is 0.0574. The number of thiazole rings is 1. The molecule has 0 amide bonds. The van der Waals surface area contributed by atoms with Crippen molar-refractivity contribution >= 4 is 43.8 Å². The van der Waals surface area contributed by atoms with Crippen molar-refractivity contribution in [2.75, 3.05) is 29.7 Å². The second kappa shape index (κ2) is 10.3. The van der Waals surface area contributed by atoms with E-state index < -0.39 is 25.9 Å². The highest BCUT2D eigenvalue weighted by molar-refractivity contribution is 7.93. The van der Waals surface area contributed by atoms with E-state index in [2.05, 4.69) is 15.6 Å². The predicted molar refractivity (Wildman–Crippen MR) is 109 cm³/mol. The number of hydrogen-bond donors (Lipinski definition) is 4. The molecule has 28 heavy (non-hydrogen) atoms. The summed E-state index contributed by atoms with van der Waals surface area (Å²) < 4.78 is 54.0. The molecule has 1 atom stereocenters. The molecule has 0 saturated carbocycles. The summed E-state index contributed by atoms with van der Waals surface area (Å²) in [7, 11) is -4.29. The van der Waals surface area contributed by atoms with Crippen LogP contribution in [0, 0.1) is 10.9 Å². The number of sulfonamides is 1. The Labute approximate surface area is 171 Å². The van der Waals surface area contributed by atoms with E-state index in [1.807, 2.05) is 11.6 Å². The minimum Gasteiger partial charge on any atom is -0.384 e. The fraction of sp³-hybridized carbons (Fsp3) is 0.438. The first kappa shape index (κ1) is 22.8. The van der Waals surface area contributed by atoms with E-state index >= 15 is 0 Å². The molecule has 0 aliphatic heterocycles. The fourth-order valence-corrected chi connectivity index (χ4v) is 4.41. The molecule has 1 aromatic carbocycles. The Hall–Kier alpha value is -1.53. The van der Waals surface area contributed by atoms with Crippen LogP contribution in [0.2, 0.25) is 5.02 Å². The molecule has 1 heterocycles. The van der Waals surface area contributed by atoms with Crippen molar-refractivity contribution < 1.29 is 17.2 Å². The smallest absolute Gasteiger partial charge is 0.266 e. The molecule has 0 aliphatic carbocycles. The molecule has 156 valence electrons. The van der Waals surface area contributed by atoms with Gasteiger partial charge in [0.05, 0.1) is 16.9 Å². The van der Waals surface area contributed by atoms with Crippen LogP contribution in [-0.2, 0) is 10.0 Å². The largest absolute Gasteiger partial charge is 0.384 e. The number of nitrogens with one attached hydrogen (secondary N) is 3. The summed E-state index contributed by atoms with van der Waals surface area (Å²) in [5, 5.41) is 5.44. The van der Waals surface area contributed by atoms with Crippen LogP contribution in [0.25, 0.3) is 0 Å². The second-order valence-electron chi connectivity index (χ2n) is 6.06. The highest BCUT2D eigenvalue weighted by Gasteiger charge is 2.23. The van der Waals surface area contributed by atoms with Crippen molar-refractivity contribution in [2.45, 2.75) is 30.7 Å². The zero-order valence-corrected chi connectivity index (χ0v) is 17.5. The van der Waals surface area contributed by atoms with Crippen LogP contribution >= 0.6 is 22.9 Å². The Morgan fingerprint density at radius 2 is 2.00 bits per heavy atom. The molecule has 7 nitrogen and oxygen atoms in total. The van der Waals surface area contributed by atoms with E-state index in [9.17, 15) is 17.2 Å². The molecule has 1 aromatic heterocycles. The molecule has 0 radical (unpaired) electrons. The van der Waals surface area contributed by atoms with E-state index in [0.717, 1.165) is 37.7 Å². The molecule has 2 aromatic rings. The van der Waals surface area contributed by atoms with Crippen molar-refractivity contribution in [3.8, 4) is 0 Å². The summed E-state index contributed by atoms with van der Waals surface area (Å²) in [5.74, 6) is -0.977. The van der Waals surface area contributed by atoms with Crippen LogP contribution in [-0.4, -0.2) is 39.1 Å². The number of nitrogens with two attached hydrogens (primary N) is 1. The lowest BCUT2D eigenvalue weighted by Crippen LogP contribution is -2.33. The van der Waals surface area contributed by atoms with E-state index in [4.69, 9.17) is 17.3 Å². The van der Waals surface area contributed by atoms with Crippen LogP contribution in [0.3, 0.4) is 0 Å². The molecule has 0 saturated heterocycles. The zero-order valence-electron chi connectivity index (χ0n) is 15.1. The number of hydrogen-bond acceptors (Lipinski definition) is 7. The third-order valence-corrected chi connectivity index (χ3v) is 6.27.